The highest BCUT2D eigenvalue weighted by Crippen LogP contribution is 2.29. The van der Waals surface area contributed by atoms with E-state index in [1.807, 2.05) is 0 Å². The minimum absolute atomic E-state index is 0.0131. The molecule has 3 rings (SSSR count). The van der Waals surface area contributed by atoms with Crippen LogP contribution in [0.1, 0.15) is 5.56 Å². The Hall–Kier alpha value is -2.25. The third-order valence-corrected chi connectivity index (χ3v) is 5.10. The predicted octanol–water partition coefficient (Wildman–Crippen LogP) is 2.97. The van der Waals surface area contributed by atoms with E-state index >= 15 is 0 Å². The number of ether oxygens (including phenoxy) is 1. The Bertz CT molecular complexity index is 834. The maximum Gasteiger partial charge on any atom is 0.248 e. The Kier molecular flexibility index (Phi) is 6.00. The van der Waals surface area contributed by atoms with Crippen LogP contribution in [0.5, 0.6) is 5.75 Å². The lowest BCUT2D eigenvalue weighted by Gasteiger charge is -2.24. The van der Waals surface area contributed by atoms with E-state index in [9.17, 15) is 14.0 Å². The van der Waals surface area contributed by atoms with Gasteiger partial charge in [0.2, 0.25) is 11.8 Å². The number of amides is 2. The SMILES string of the molecule is O=C(CSc1ccccc1F)NNC(=O)[C@@H]1COc2ccc(Cl)cc2C1. The van der Waals surface area contributed by atoms with Crippen LogP contribution in [0, 0.1) is 11.7 Å². The highest BCUT2D eigenvalue weighted by atomic mass is 35.5. The number of halogens is 2. The van der Waals surface area contributed by atoms with Gasteiger partial charge in [-0.05, 0) is 42.3 Å². The second kappa shape index (κ2) is 8.42. The van der Waals surface area contributed by atoms with Gasteiger partial charge in [0.25, 0.3) is 0 Å². The molecule has 0 aromatic heterocycles. The van der Waals surface area contributed by atoms with E-state index in [1.54, 1.807) is 36.4 Å². The molecule has 0 spiro atoms. The Morgan fingerprint density at radius 3 is 2.85 bits per heavy atom. The van der Waals surface area contributed by atoms with Crippen LogP contribution in [0.2, 0.25) is 5.02 Å². The number of nitrogens with one attached hydrogen (secondary N) is 2. The molecular weight excluding hydrogens is 379 g/mol. The van der Waals surface area contributed by atoms with Crippen molar-refractivity contribution >= 4 is 35.2 Å². The standard InChI is InChI=1S/C18H16ClFN2O3S/c19-13-5-6-15-11(8-13)7-12(9-25-15)18(24)22-21-17(23)10-26-16-4-2-1-3-14(16)20/h1-6,8,12H,7,9-10H2,(H,21,23)(H,22,24)/t12-/m0/s1. The first-order valence-electron chi connectivity index (χ1n) is 7.90. The summed E-state index contributed by atoms with van der Waals surface area (Å²) >= 11 is 7.02. The van der Waals surface area contributed by atoms with Gasteiger partial charge in [0.05, 0.1) is 11.7 Å². The van der Waals surface area contributed by atoms with E-state index < -0.39 is 11.8 Å². The summed E-state index contributed by atoms with van der Waals surface area (Å²) in [5.74, 6) is -0.886. The molecule has 1 aliphatic rings. The molecule has 0 saturated carbocycles. The first-order chi connectivity index (χ1) is 12.5. The number of hydrazine groups is 1. The van der Waals surface area contributed by atoms with Gasteiger partial charge in [0, 0.05) is 9.92 Å². The summed E-state index contributed by atoms with van der Waals surface area (Å²) < 4.78 is 19.1. The van der Waals surface area contributed by atoms with E-state index in [0.717, 1.165) is 17.3 Å². The van der Waals surface area contributed by atoms with Gasteiger partial charge in [-0.15, -0.1) is 11.8 Å². The van der Waals surface area contributed by atoms with Crippen molar-refractivity contribution in [2.24, 2.45) is 5.92 Å². The lowest BCUT2D eigenvalue weighted by atomic mass is 9.96. The zero-order valence-corrected chi connectivity index (χ0v) is 15.2. The fourth-order valence-electron chi connectivity index (χ4n) is 2.51. The van der Waals surface area contributed by atoms with Crippen molar-refractivity contribution < 1.29 is 18.7 Å². The Balaban J connectivity index is 1.47. The van der Waals surface area contributed by atoms with Gasteiger partial charge in [-0.2, -0.15) is 0 Å². The number of fused-ring (bicyclic) bond motifs is 1. The normalized spacial score (nSPS) is 15.5. The van der Waals surface area contributed by atoms with Crippen molar-refractivity contribution in [2.75, 3.05) is 12.4 Å². The molecule has 1 heterocycles. The molecule has 0 unspecified atom stereocenters. The summed E-state index contributed by atoms with van der Waals surface area (Å²) in [6.45, 7) is 0.223. The van der Waals surface area contributed by atoms with Crippen LogP contribution in [0.3, 0.4) is 0 Å². The van der Waals surface area contributed by atoms with Crippen molar-refractivity contribution in [2.45, 2.75) is 11.3 Å². The molecule has 0 bridgehead atoms. The van der Waals surface area contributed by atoms with E-state index in [-0.39, 0.29) is 24.1 Å². The minimum atomic E-state index is -0.430. The largest absolute Gasteiger partial charge is 0.492 e. The van der Waals surface area contributed by atoms with Gasteiger partial charge in [0.15, 0.2) is 0 Å². The molecule has 8 heteroatoms. The van der Waals surface area contributed by atoms with Crippen molar-refractivity contribution in [1.82, 2.24) is 10.9 Å². The lowest BCUT2D eigenvalue weighted by molar-refractivity contribution is -0.131. The number of thioether (sulfide) groups is 1. The maximum atomic E-state index is 13.5. The van der Waals surface area contributed by atoms with Crippen LogP contribution in [0.15, 0.2) is 47.4 Å². The second-order valence-corrected chi connectivity index (χ2v) is 7.17. The van der Waals surface area contributed by atoms with Crippen molar-refractivity contribution in [1.29, 1.82) is 0 Å². The van der Waals surface area contributed by atoms with Crippen LogP contribution in [-0.2, 0) is 16.0 Å². The highest BCUT2D eigenvalue weighted by molar-refractivity contribution is 8.00. The van der Waals surface area contributed by atoms with Gasteiger partial charge >= 0.3 is 0 Å². The quantitative estimate of drug-likeness (QED) is 0.618. The van der Waals surface area contributed by atoms with Crippen LogP contribution in [0.25, 0.3) is 0 Å². The Morgan fingerprint density at radius 1 is 1.23 bits per heavy atom. The van der Waals surface area contributed by atoms with Crippen LogP contribution in [0.4, 0.5) is 4.39 Å². The minimum Gasteiger partial charge on any atom is -0.492 e. The van der Waals surface area contributed by atoms with E-state index in [4.69, 9.17) is 16.3 Å². The zero-order valence-electron chi connectivity index (χ0n) is 13.6. The van der Waals surface area contributed by atoms with Crippen LogP contribution < -0.4 is 15.6 Å². The van der Waals surface area contributed by atoms with E-state index in [1.165, 1.54) is 6.07 Å². The van der Waals surface area contributed by atoms with Gasteiger partial charge in [-0.3, -0.25) is 20.4 Å². The lowest BCUT2D eigenvalue weighted by Crippen LogP contribution is -2.47. The summed E-state index contributed by atoms with van der Waals surface area (Å²) in [5, 5.41) is 0.576. The van der Waals surface area contributed by atoms with Gasteiger partial charge < -0.3 is 4.74 Å². The predicted molar refractivity (Wildman–Crippen MR) is 97.6 cm³/mol. The molecule has 0 aliphatic carbocycles. The molecule has 5 nitrogen and oxygen atoms in total. The zero-order chi connectivity index (χ0) is 18.5. The van der Waals surface area contributed by atoms with Gasteiger partial charge in [-0.1, -0.05) is 23.7 Å². The molecule has 0 radical (unpaired) electrons. The van der Waals surface area contributed by atoms with Gasteiger partial charge in [0.1, 0.15) is 18.2 Å². The molecule has 26 heavy (non-hydrogen) atoms. The molecule has 2 N–H and O–H groups in total. The van der Waals surface area contributed by atoms with Crippen molar-refractivity contribution in [3.05, 3.63) is 58.9 Å². The van der Waals surface area contributed by atoms with Crippen LogP contribution in [-0.4, -0.2) is 24.2 Å². The van der Waals surface area contributed by atoms with Crippen LogP contribution >= 0.6 is 23.4 Å². The summed E-state index contributed by atoms with van der Waals surface area (Å²) in [7, 11) is 0. The average Bonchev–Trinajstić information content (AvgIpc) is 2.64. The monoisotopic (exact) mass is 394 g/mol. The number of carbonyl (C=O) groups excluding carboxylic acids is 2. The van der Waals surface area contributed by atoms with Crippen molar-refractivity contribution in [3.63, 3.8) is 0 Å². The third-order valence-electron chi connectivity index (χ3n) is 3.82. The summed E-state index contributed by atoms with van der Waals surface area (Å²) in [6, 6.07) is 11.5. The molecule has 0 fully saturated rings. The maximum absolute atomic E-state index is 13.5. The first-order valence-corrected chi connectivity index (χ1v) is 9.26. The molecule has 2 amide bonds. The first kappa shape index (κ1) is 18.5. The molecule has 1 atom stereocenters. The molecule has 136 valence electrons. The highest BCUT2D eigenvalue weighted by Gasteiger charge is 2.26. The molecule has 0 saturated heterocycles. The number of benzene rings is 2. The van der Waals surface area contributed by atoms with Crippen molar-refractivity contribution in [3.8, 4) is 5.75 Å². The summed E-state index contributed by atoms with van der Waals surface area (Å²) in [5.41, 5.74) is 5.58. The Labute approximate surface area is 159 Å². The number of hydrogen-bond acceptors (Lipinski definition) is 4. The molecule has 2 aromatic carbocycles. The fraction of sp³-hybridized carbons (Fsp3) is 0.222. The topological polar surface area (TPSA) is 67.4 Å². The van der Waals surface area contributed by atoms with E-state index in [2.05, 4.69) is 10.9 Å². The number of hydrogen-bond donors (Lipinski definition) is 2. The van der Waals surface area contributed by atoms with Gasteiger partial charge in [-0.25, -0.2) is 4.39 Å². The molecule has 2 aromatic rings. The second-order valence-electron chi connectivity index (χ2n) is 5.72. The number of rotatable bonds is 4. The molecule has 1 aliphatic heterocycles. The number of carbonyl (C=O) groups is 2. The Morgan fingerprint density at radius 2 is 2.04 bits per heavy atom. The van der Waals surface area contributed by atoms with E-state index in [0.29, 0.717) is 22.1 Å². The molecular formula is C18H16ClFN2O3S. The summed E-state index contributed by atoms with van der Waals surface area (Å²) in [6.07, 6.45) is 0.474. The summed E-state index contributed by atoms with van der Waals surface area (Å²) in [4.78, 5) is 24.4. The third kappa shape index (κ3) is 4.68. The average molecular weight is 395 g/mol. The smallest absolute Gasteiger partial charge is 0.248 e. The fourth-order valence-corrected chi connectivity index (χ4v) is 3.44.